The van der Waals surface area contributed by atoms with Crippen LogP contribution in [0.25, 0.3) is 0 Å². The summed E-state index contributed by atoms with van der Waals surface area (Å²) < 4.78 is 43.6. The third kappa shape index (κ3) is 29.7. The molecule has 0 radical (unpaired) electrons. The fraction of sp³-hybridized carbons (Fsp3) is 0.963. The van der Waals surface area contributed by atoms with Crippen LogP contribution in [-0.2, 0) is 42.7 Å². The van der Waals surface area contributed by atoms with Gasteiger partial charge < -0.3 is 43.2 Å². The van der Waals surface area contributed by atoms with Crippen LogP contribution in [0.3, 0.4) is 0 Å². The van der Waals surface area contributed by atoms with Crippen LogP contribution in [0.4, 0.5) is 0 Å². The van der Waals surface area contributed by atoms with E-state index in [1.165, 1.54) is 0 Å². The van der Waals surface area contributed by atoms with E-state index in [-0.39, 0.29) is 16.7 Å². The minimum absolute atomic E-state index is 0.119. The monoisotopic (exact) mass is 537 g/mol. The van der Waals surface area contributed by atoms with Crippen LogP contribution < -0.4 is 5.32 Å². The summed E-state index contributed by atoms with van der Waals surface area (Å²) in [5.74, 6) is 0.208. The molecule has 0 heterocycles. The second kappa shape index (κ2) is 24.4. The highest BCUT2D eigenvalue weighted by atomic mass is 16.6. The van der Waals surface area contributed by atoms with Crippen LogP contribution in [0.5, 0.6) is 0 Å². The Morgan fingerprint density at radius 2 is 0.730 bits per heavy atom. The summed E-state index contributed by atoms with van der Waals surface area (Å²) in [5.41, 5.74) is -0.187. The maximum absolute atomic E-state index is 11.8. The Bertz CT molecular complexity index is 507. The van der Waals surface area contributed by atoms with Gasteiger partial charge in [0, 0.05) is 23.9 Å². The SMILES string of the molecule is CC(C)(C)NCCOCCOCCOCCOCCOCCOCCOCCOCCC(=O)C(C)(C)C. The topological polar surface area (TPSA) is 103 Å². The summed E-state index contributed by atoms with van der Waals surface area (Å²) in [6.07, 6.45) is 0.439. The molecule has 222 valence electrons. The van der Waals surface area contributed by atoms with Crippen molar-refractivity contribution in [1.29, 1.82) is 0 Å². The first-order valence-corrected chi connectivity index (χ1v) is 13.5. The van der Waals surface area contributed by atoms with Crippen molar-refractivity contribution in [2.24, 2.45) is 5.41 Å². The predicted molar refractivity (Wildman–Crippen MR) is 143 cm³/mol. The van der Waals surface area contributed by atoms with Gasteiger partial charge in [0.05, 0.1) is 106 Å². The maximum Gasteiger partial charge on any atom is 0.140 e. The zero-order chi connectivity index (χ0) is 27.7. The summed E-state index contributed by atoms with van der Waals surface area (Å²) in [4.78, 5) is 11.8. The van der Waals surface area contributed by atoms with E-state index in [4.69, 9.17) is 37.9 Å². The average Bonchev–Trinajstić information content (AvgIpc) is 2.82. The minimum atomic E-state index is -0.306. The Morgan fingerprint density at radius 1 is 0.459 bits per heavy atom. The molecule has 10 heteroatoms. The number of ketones is 1. The van der Waals surface area contributed by atoms with E-state index >= 15 is 0 Å². The molecule has 0 aliphatic rings. The number of rotatable bonds is 27. The van der Waals surface area contributed by atoms with Crippen molar-refractivity contribution in [3.63, 3.8) is 0 Å². The predicted octanol–water partition coefficient (Wildman–Crippen LogP) is 2.51. The molecule has 0 unspecified atom stereocenters. The summed E-state index contributed by atoms with van der Waals surface area (Å²) in [6.45, 7) is 21.4. The van der Waals surface area contributed by atoms with Crippen molar-refractivity contribution in [1.82, 2.24) is 5.32 Å². The highest BCUT2D eigenvalue weighted by Gasteiger charge is 2.20. The van der Waals surface area contributed by atoms with E-state index in [1.807, 2.05) is 20.8 Å². The van der Waals surface area contributed by atoms with Crippen molar-refractivity contribution in [2.75, 3.05) is 112 Å². The average molecular weight is 538 g/mol. The molecule has 0 saturated heterocycles. The second-order valence-corrected chi connectivity index (χ2v) is 10.5. The fourth-order valence-corrected chi connectivity index (χ4v) is 2.68. The van der Waals surface area contributed by atoms with Gasteiger partial charge in [-0.25, -0.2) is 0 Å². The zero-order valence-electron chi connectivity index (χ0n) is 24.4. The molecule has 0 rings (SSSR count). The molecule has 0 aromatic carbocycles. The molecule has 0 aliphatic carbocycles. The van der Waals surface area contributed by atoms with Gasteiger partial charge in [-0.15, -0.1) is 0 Å². The lowest BCUT2D eigenvalue weighted by atomic mass is 9.89. The molecule has 0 bridgehead atoms. The van der Waals surface area contributed by atoms with Gasteiger partial charge in [-0.2, -0.15) is 0 Å². The van der Waals surface area contributed by atoms with Crippen LogP contribution in [-0.4, -0.2) is 124 Å². The van der Waals surface area contributed by atoms with Crippen molar-refractivity contribution >= 4 is 5.78 Å². The van der Waals surface area contributed by atoms with Gasteiger partial charge in [-0.1, -0.05) is 20.8 Å². The molecule has 0 amide bonds. The summed E-state index contributed by atoms with van der Waals surface area (Å²) in [6, 6.07) is 0. The number of ether oxygens (including phenoxy) is 8. The Balaban J connectivity index is 3.11. The van der Waals surface area contributed by atoms with Crippen molar-refractivity contribution in [3.8, 4) is 0 Å². The molecule has 0 fully saturated rings. The second-order valence-electron chi connectivity index (χ2n) is 10.5. The van der Waals surface area contributed by atoms with Gasteiger partial charge in [0.25, 0.3) is 0 Å². The van der Waals surface area contributed by atoms with Crippen molar-refractivity contribution in [2.45, 2.75) is 53.5 Å². The lowest BCUT2D eigenvalue weighted by Crippen LogP contribution is -2.38. The van der Waals surface area contributed by atoms with E-state index in [0.29, 0.717) is 112 Å². The Labute approximate surface area is 225 Å². The number of nitrogens with one attached hydrogen (secondary N) is 1. The number of hydrogen-bond acceptors (Lipinski definition) is 10. The van der Waals surface area contributed by atoms with E-state index in [1.54, 1.807) is 0 Å². The Hall–Kier alpha value is -0.690. The quantitative estimate of drug-likeness (QED) is 0.157. The van der Waals surface area contributed by atoms with Gasteiger partial charge in [-0.05, 0) is 20.8 Å². The smallest absolute Gasteiger partial charge is 0.140 e. The van der Waals surface area contributed by atoms with E-state index < -0.39 is 0 Å². The lowest BCUT2D eigenvalue weighted by molar-refractivity contribution is -0.127. The third-order valence-electron chi connectivity index (χ3n) is 4.82. The van der Waals surface area contributed by atoms with Crippen LogP contribution in [0.15, 0.2) is 0 Å². The largest absolute Gasteiger partial charge is 0.379 e. The molecular formula is C27H55NO9. The molecule has 10 nitrogen and oxygen atoms in total. The lowest BCUT2D eigenvalue weighted by Gasteiger charge is -2.20. The molecule has 0 atom stereocenters. The van der Waals surface area contributed by atoms with E-state index in [2.05, 4.69) is 26.1 Å². The van der Waals surface area contributed by atoms with Gasteiger partial charge in [-0.3, -0.25) is 4.79 Å². The Kier molecular flexibility index (Phi) is 23.9. The third-order valence-corrected chi connectivity index (χ3v) is 4.82. The standard InChI is InChI=1S/C27H55NO9/c1-26(2,3)25(29)7-9-30-11-13-32-15-17-34-19-21-36-23-24-37-22-20-35-18-16-33-14-12-31-10-8-28-27(4,5)6/h28H,7-24H2,1-6H3. The molecule has 1 N–H and O–H groups in total. The zero-order valence-corrected chi connectivity index (χ0v) is 24.4. The molecule has 0 aromatic rings. The molecular weight excluding hydrogens is 482 g/mol. The highest BCUT2D eigenvalue weighted by Crippen LogP contribution is 2.16. The van der Waals surface area contributed by atoms with E-state index in [0.717, 1.165) is 6.54 Å². The minimum Gasteiger partial charge on any atom is -0.379 e. The van der Waals surface area contributed by atoms with Crippen molar-refractivity contribution in [3.05, 3.63) is 0 Å². The first-order chi connectivity index (χ1) is 17.6. The molecule has 0 aromatic heterocycles. The molecule has 0 aliphatic heterocycles. The number of hydrogen-bond donors (Lipinski definition) is 1. The van der Waals surface area contributed by atoms with Crippen LogP contribution in [0, 0.1) is 5.41 Å². The number of carbonyl (C=O) groups is 1. The van der Waals surface area contributed by atoms with Crippen LogP contribution >= 0.6 is 0 Å². The van der Waals surface area contributed by atoms with Gasteiger partial charge in [0.1, 0.15) is 5.78 Å². The summed E-state index contributed by atoms with van der Waals surface area (Å²) in [5, 5.41) is 3.37. The summed E-state index contributed by atoms with van der Waals surface area (Å²) >= 11 is 0. The van der Waals surface area contributed by atoms with Gasteiger partial charge in [0.2, 0.25) is 0 Å². The molecule has 0 spiro atoms. The number of carbonyl (C=O) groups excluding carboxylic acids is 1. The highest BCUT2D eigenvalue weighted by molar-refractivity contribution is 5.83. The van der Waals surface area contributed by atoms with Crippen LogP contribution in [0.2, 0.25) is 0 Å². The van der Waals surface area contributed by atoms with Crippen molar-refractivity contribution < 1.29 is 42.7 Å². The Morgan fingerprint density at radius 3 is 1.00 bits per heavy atom. The summed E-state index contributed by atoms with van der Waals surface area (Å²) in [7, 11) is 0. The van der Waals surface area contributed by atoms with Gasteiger partial charge >= 0.3 is 0 Å². The normalized spacial score (nSPS) is 12.4. The first kappa shape index (κ1) is 36.3. The van der Waals surface area contributed by atoms with Gasteiger partial charge in [0.15, 0.2) is 0 Å². The number of Topliss-reactive ketones (excluding diaryl/α,β-unsaturated/α-hetero) is 1. The molecule has 0 saturated carbocycles. The molecule has 37 heavy (non-hydrogen) atoms. The maximum atomic E-state index is 11.8. The van der Waals surface area contributed by atoms with Crippen LogP contribution in [0.1, 0.15) is 48.0 Å². The first-order valence-electron chi connectivity index (χ1n) is 13.5. The van der Waals surface area contributed by atoms with E-state index in [9.17, 15) is 4.79 Å². The fourth-order valence-electron chi connectivity index (χ4n) is 2.68.